The largest absolute Gasteiger partial charge is 0.493 e. The third kappa shape index (κ3) is 4.88. The predicted octanol–water partition coefficient (Wildman–Crippen LogP) is 4.85. The van der Waals surface area contributed by atoms with Crippen LogP contribution in [0.4, 0.5) is 16.2 Å². The Bertz CT molecular complexity index is 859. The minimum atomic E-state index is -0.383. The number of rotatable bonds is 6. The van der Waals surface area contributed by atoms with Gasteiger partial charge in [-0.15, -0.1) is 0 Å². The number of hydrogen-bond donors (Lipinski definition) is 1. The molecule has 6 nitrogen and oxygen atoms in total. The molecule has 1 aliphatic heterocycles. The van der Waals surface area contributed by atoms with E-state index in [1.165, 1.54) is 37.0 Å². The molecule has 1 aliphatic carbocycles. The third-order valence-electron chi connectivity index (χ3n) is 5.50. The van der Waals surface area contributed by atoms with Gasteiger partial charge in [-0.05, 0) is 61.2 Å². The third-order valence-corrected chi connectivity index (χ3v) is 5.50. The number of carbonyl (C=O) groups excluding carboxylic acids is 2. The van der Waals surface area contributed by atoms with Gasteiger partial charge in [-0.3, -0.25) is 9.69 Å². The van der Waals surface area contributed by atoms with Crippen LogP contribution in [0.1, 0.15) is 42.5 Å². The van der Waals surface area contributed by atoms with Gasteiger partial charge >= 0.3 is 6.09 Å². The highest BCUT2D eigenvalue weighted by molar-refractivity contribution is 6.05. The molecule has 0 unspecified atom stereocenters. The lowest BCUT2D eigenvalue weighted by atomic mass is 9.90. The fourth-order valence-corrected chi connectivity index (χ4v) is 3.85. The zero-order valence-corrected chi connectivity index (χ0v) is 16.4. The molecular formula is C23H26N2O4. The molecule has 1 heterocycles. The first-order valence-corrected chi connectivity index (χ1v) is 10.3. The molecule has 2 amide bonds. The van der Waals surface area contributed by atoms with Crippen LogP contribution >= 0.6 is 0 Å². The number of amides is 2. The van der Waals surface area contributed by atoms with E-state index in [0.717, 1.165) is 12.4 Å². The number of nitrogens with zero attached hydrogens (tertiary/aromatic N) is 1. The first-order valence-electron chi connectivity index (χ1n) is 10.3. The average Bonchev–Trinajstić information content (AvgIpc) is 3.20. The Morgan fingerprint density at radius 2 is 1.90 bits per heavy atom. The summed E-state index contributed by atoms with van der Waals surface area (Å²) in [7, 11) is 0. The lowest BCUT2D eigenvalue weighted by Crippen LogP contribution is -2.23. The van der Waals surface area contributed by atoms with Crippen LogP contribution < -0.4 is 15.0 Å². The lowest BCUT2D eigenvalue weighted by Gasteiger charge is -2.21. The summed E-state index contributed by atoms with van der Waals surface area (Å²) in [5.41, 5.74) is 1.84. The van der Waals surface area contributed by atoms with Crippen LogP contribution in [0.15, 0.2) is 48.5 Å². The Morgan fingerprint density at radius 3 is 2.62 bits per heavy atom. The van der Waals surface area contributed by atoms with E-state index in [1.807, 2.05) is 24.3 Å². The van der Waals surface area contributed by atoms with Crippen molar-refractivity contribution in [1.82, 2.24) is 0 Å². The fraction of sp³-hybridized carbons (Fsp3) is 0.391. The molecule has 152 valence electrons. The summed E-state index contributed by atoms with van der Waals surface area (Å²) in [5, 5.41) is 2.89. The van der Waals surface area contributed by atoms with E-state index < -0.39 is 0 Å². The smallest absolute Gasteiger partial charge is 0.414 e. The zero-order valence-electron chi connectivity index (χ0n) is 16.4. The molecular weight excluding hydrogens is 368 g/mol. The molecule has 2 aliphatic rings. The second kappa shape index (κ2) is 8.99. The maximum absolute atomic E-state index is 12.6. The van der Waals surface area contributed by atoms with Gasteiger partial charge in [0.1, 0.15) is 12.4 Å². The summed E-state index contributed by atoms with van der Waals surface area (Å²) < 4.78 is 10.9. The fourth-order valence-electron chi connectivity index (χ4n) is 3.85. The van der Waals surface area contributed by atoms with Crippen molar-refractivity contribution in [3.63, 3.8) is 0 Å². The van der Waals surface area contributed by atoms with Crippen molar-refractivity contribution in [3.8, 4) is 5.75 Å². The molecule has 29 heavy (non-hydrogen) atoms. The van der Waals surface area contributed by atoms with E-state index in [9.17, 15) is 9.59 Å². The van der Waals surface area contributed by atoms with E-state index in [1.54, 1.807) is 24.3 Å². The predicted molar refractivity (Wildman–Crippen MR) is 112 cm³/mol. The summed E-state index contributed by atoms with van der Waals surface area (Å²) in [6.45, 7) is 1.62. The number of nitrogens with one attached hydrogen (secondary N) is 1. The molecule has 0 atom stereocenters. The molecule has 2 fully saturated rings. The van der Waals surface area contributed by atoms with Crippen LogP contribution in [0, 0.1) is 5.92 Å². The molecule has 4 rings (SSSR count). The van der Waals surface area contributed by atoms with Crippen molar-refractivity contribution >= 4 is 23.4 Å². The van der Waals surface area contributed by atoms with E-state index >= 15 is 0 Å². The van der Waals surface area contributed by atoms with E-state index in [2.05, 4.69) is 5.32 Å². The van der Waals surface area contributed by atoms with Gasteiger partial charge in [-0.1, -0.05) is 25.3 Å². The quantitative estimate of drug-likeness (QED) is 0.760. The number of carbonyl (C=O) groups is 2. The van der Waals surface area contributed by atoms with Crippen LogP contribution in [-0.2, 0) is 4.74 Å². The van der Waals surface area contributed by atoms with Crippen molar-refractivity contribution in [1.29, 1.82) is 0 Å². The summed E-state index contributed by atoms with van der Waals surface area (Å²) in [6.07, 6.45) is 6.07. The SMILES string of the molecule is O=C(Nc1ccc(OCC2CCCCC2)cc1)c1cccc(N2CCOC2=O)c1. The number of ether oxygens (including phenoxy) is 2. The Balaban J connectivity index is 1.34. The molecule has 1 N–H and O–H groups in total. The normalized spacial score (nSPS) is 17.1. The average molecular weight is 394 g/mol. The Labute approximate surface area is 170 Å². The molecule has 0 spiro atoms. The second-order valence-corrected chi connectivity index (χ2v) is 7.61. The molecule has 0 radical (unpaired) electrons. The first-order chi connectivity index (χ1) is 14.2. The van der Waals surface area contributed by atoms with Crippen LogP contribution in [0.5, 0.6) is 5.75 Å². The topological polar surface area (TPSA) is 67.9 Å². The number of cyclic esters (lactones) is 1. The highest BCUT2D eigenvalue weighted by atomic mass is 16.6. The minimum absolute atomic E-state index is 0.227. The molecule has 1 saturated carbocycles. The zero-order chi connectivity index (χ0) is 20.1. The monoisotopic (exact) mass is 394 g/mol. The van der Waals surface area contributed by atoms with Crippen LogP contribution in [0.3, 0.4) is 0 Å². The molecule has 0 aromatic heterocycles. The van der Waals surface area contributed by atoms with Gasteiger partial charge in [0.2, 0.25) is 0 Å². The van der Waals surface area contributed by atoms with Crippen molar-refractivity contribution in [2.24, 2.45) is 5.92 Å². The van der Waals surface area contributed by atoms with Crippen molar-refractivity contribution in [3.05, 3.63) is 54.1 Å². The van der Waals surface area contributed by atoms with Crippen molar-refractivity contribution in [2.75, 3.05) is 30.0 Å². The van der Waals surface area contributed by atoms with Gasteiger partial charge in [0.15, 0.2) is 0 Å². The van der Waals surface area contributed by atoms with Crippen molar-refractivity contribution in [2.45, 2.75) is 32.1 Å². The van der Waals surface area contributed by atoms with Gasteiger partial charge in [-0.25, -0.2) is 4.79 Å². The Kier molecular flexibility index (Phi) is 5.98. The highest BCUT2D eigenvalue weighted by Gasteiger charge is 2.24. The molecule has 0 bridgehead atoms. The molecule has 1 saturated heterocycles. The van der Waals surface area contributed by atoms with E-state index in [4.69, 9.17) is 9.47 Å². The van der Waals surface area contributed by atoms with Crippen molar-refractivity contribution < 1.29 is 19.1 Å². The molecule has 2 aromatic rings. The standard InChI is InChI=1S/C23H26N2O4/c26-22(18-7-4-8-20(15-18)25-13-14-28-23(25)27)24-19-9-11-21(12-10-19)29-16-17-5-2-1-3-6-17/h4,7-12,15,17H,1-3,5-6,13-14,16H2,(H,24,26). The second-order valence-electron chi connectivity index (χ2n) is 7.61. The summed E-state index contributed by atoms with van der Waals surface area (Å²) in [6, 6.07) is 14.4. The summed E-state index contributed by atoms with van der Waals surface area (Å²) >= 11 is 0. The maximum Gasteiger partial charge on any atom is 0.414 e. The number of benzene rings is 2. The van der Waals surface area contributed by atoms with E-state index in [-0.39, 0.29) is 12.0 Å². The van der Waals surface area contributed by atoms with Gasteiger partial charge < -0.3 is 14.8 Å². The summed E-state index contributed by atoms with van der Waals surface area (Å²) in [4.78, 5) is 25.9. The first kappa shape index (κ1) is 19.3. The molecule has 6 heteroatoms. The van der Waals surface area contributed by atoms with Gasteiger partial charge in [-0.2, -0.15) is 0 Å². The van der Waals surface area contributed by atoms with Crippen LogP contribution in [-0.4, -0.2) is 31.8 Å². The Hall–Kier alpha value is -3.02. The van der Waals surface area contributed by atoms with Gasteiger partial charge in [0, 0.05) is 16.9 Å². The highest BCUT2D eigenvalue weighted by Crippen LogP contribution is 2.25. The Morgan fingerprint density at radius 1 is 1.10 bits per heavy atom. The number of hydrogen-bond acceptors (Lipinski definition) is 4. The molecule has 2 aromatic carbocycles. The minimum Gasteiger partial charge on any atom is -0.493 e. The lowest BCUT2D eigenvalue weighted by molar-refractivity contribution is 0.102. The van der Waals surface area contributed by atoms with Gasteiger partial charge in [0.05, 0.1) is 13.2 Å². The summed E-state index contributed by atoms with van der Waals surface area (Å²) in [5.74, 6) is 1.25. The maximum atomic E-state index is 12.6. The van der Waals surface area contributed by atoms with Crippen LogP contribution in [0.25, 0.3) is 0 Å². The van der Waals surface area contributed by atoms with E-state index in [0.29, 0.717) is 36.0 Å². The van der Waals surface area contributed by atoms with Crippen LogP contribution in [0.2, 0.25) is 0 Å². The van der Waals surface area contributed by atoms with Gasteiger partial charge in [0.25, 0.3) is 5.91 Å². The number of anilines is 2.